The Morgan fingerprint density at radius 2 is 1.90 bits per heavy atom. The molecule has 21 heavy (non-hydrogen) atoms. The third-order valence-electron chi connectivity index (χ3n) is 3.22. The van der Waals surface area contributed by atoms with Crippen molar-refractivity contribution in [1.82, 2.24) is 9.47 Å². The van der Waals surface area contributed by atoms with E-state index in [1.54, 1.807) is 25.6 Å². The Morgan fingerprint density at radius 1 is 1.24 bits per heavy atom. The summed E-state index contributed by atoms with van der Waals surface area (Å²) in [7, 11) is 4.72. The maximum atomic E-state index is 12.4. The van der Waals surface area contributed by atoms with Crippen molar-refractivity contribution in [2.75, 3.05) is 21.2 Å². The van der Waals surface area contributed by atoms with Gasteiger partial charge in [-0.1, -0.05) is 18.2 Å². The SMILES string of the molecule is COC(=O)/C=C(\C)c1cc2ccccc2n1C(=O)N(C)C. The molecule has 1 aromatic carbocycles. The Labute approximate surface area is 123 Å². The lowest BCUT2D eigenvalue weighted by atomic mass is 10.2. The molecule has 0 fully saturated rings. The smallest absolute Gasteiger partial charge is 0.330 e. The van der Waals surface area contributed by atoms with Crippen LogP contribution in [0.4, 0.5) is 4.79 Å². The molecule has 0 radical (unpaired) electrons. The van der Waals surface area contributed by atoms with Crippen LogP contribution in [0.15, 0.2) is 36.4 Å². The van der Waals surface area contributed by atoms with Gasteiger partial charge in [-0.15, -0.1) is 0 Å². The summed E-state index contributed by atoms with van der Waals surface area (Å²) >= 11 is 0. The predicted molar refractivity (Wildman–Crippen MR) is 82.1 cm³/mol. The third kappa shape index (κ3) is 2.81. The number of para-hydroxylation sites is 1. The van der Waals surface area contributed by atoms with Crippen molar-refractivity contribution in [3.63, 3.8) is 0 Å². The molecule has 0 aliphatic carbocycles. The first kappa shape index (κ1) is 14.8. The van der Waals surface area contributed by atoms with Gasteiger partial charge in [-0.25, -0.2) is 9.59 Å². The molecule has 2 rings (SSSR count). The molecule has 5 heteroatoms. The second-order valence-electron chi connectivity index (χ2n) is 4.95. The fraction of sp³-hybridized carbons (Fsp3) is 0.250. The number of fused-ring (bicyclic) bond motifs is 1. The van der Waals surface area contributed by atoms with Gasteiger partial charge >= 0.3 is 12.0 Å². The maximum Gasteiger partial charge on any atom is 0.330 e. The van der Waals surface area contributed by atoms with E-state index in [1.165, 1.54) is 18.1 Å². The summed E-state index contributed by atoms with van der Waals surface area (Å²) in [4.78, 5) is 25.4. The molecule has 0 bridgehead atoms. The molecule has 0 aliphatic rings. The quantitative estimate of drug-likeness (QED) is 0.630. The summed E-state index contributed by atoms with van der Waals surface area (Å²) in [6.45, 7) is 1.78. The molecule has 1 heterocycles. The molecule has 0 atom stereocenters. The largest absolute Gasteiger partial charge is 0.466 e. The number of rotatable bonds is 2. The third-order valence-corrected chi connectivity index (χ3v) is 3.22. The zero-order valence-electron chi connectivity index (χ0n) is 12.6. The van der Waals surface area contributed by atoms with Gasteiger partial charge in [0, 0.05) is 25.6 Å². The molecular weight excluding hydrogens is 268 g/mol. The van der Waals surface area contributed by atoms with E-state index in [0.717, 1.165) is 10.9 Å². The minimum Gasteiger partial charge on any atom is -0.466 e. The average molecular weight is 286 g/mol. The zero-order valence-corrected chi connectivity index (χ0v) is 12.6. The van der Waals surface area contributed by atoms with Gasteiger partial charge in [0.1, 0.15) is 0 Å². The number of carbonyl (C=O) groups is 2. The fourth-order valence-corrected chi connectivity index (χ4v) is 2.16. The number of nitrogens with zero attached hydrogens (tertiary/aromatic N) is 2. The molecule has 0 saturated carbocycles. The van der Waals surface area contributed by atoms with E-state index in [2.05, 4.69) is 4.74 Å². The zero-order chi connectivity index (χ0) is 15.6. The van der Waals surface area contributed by atoms with Crippen molar-refractivity contribution in [2.45, 2.75) is 6.92 Å². The van der Waals surface area contributed by atoms with E-state index in [-0.39, 0.29) is 6.03 Å². The highest BCUT2D eigenvalue weighted by Crippen LogP contribution is 2.25. The van der Waals surface area contributed by atoms with Crippen LogP contribution in [0.2, 0.25) is 0 Å². The van der Waals surface area contributed by atoms with Gasteiger partial charge in [0.2, 0.25) is 0 Å². The number of benzene rings is 1. The number of allylic oxidation sites excluding steroid dienone is 1. The number of methoxy groups -OCH3 is 1. The lowest BCUT2D eigenvalue weighted by Gasteiger charge is -2.15. The Hall–Kier alpha value is -2.56. The second-order valence-corrected chi connectivity index (χ2v) is 4.95. The molecule has 2 aromatic rings. The normalized spacial score (nSPS) is 11.5. The van der Waals surface area contributed by atoms with Crippen LogP contribution in [-0.4, -0.2) is 42.7 Å². The number of hydrogen-bond donors (Lipinski definition) is 0. The van der Waals surface area contributed by atoms with Crippen LogP contribution in [0.5, 0.6) is 0 Å². The second kappa shape index (κ2) is 5.83. The van der Waals surface area contributed by atoms with Crippen molar-refractivity contribution in [3.05, 3.63) is 42.1 Å². The Kier molecular flexibility index (Phi) is 4.12. The first-order chi connectivity index (χ1) is 9.95. The fourth-order valence-electron chi connectivity index (χ4n) is 2.16. The Bertz CT molecular complexity index is 726. The van der Waals surface area contributed by atoms with E-state index in [4.69, 9.17) is 0 Å². The topological polar surface area (TPSA) is 51.5 Å². The minimum absolute atomic E-state index is 0.163. The standard InChI is InChI=1S/C16H18N2O3/c1-11(9-15(19)21-4)14-10-12-7-5-6-8-13(12)18(14)16(20)17(2)3/h5-10H,1-4H3/b11-9+. The van der Waals surface area contributed by atoms with Crippen molar-refractivity contribution in [1.29, 1.82) is 0 Å². The lowest BCUT2D eigenvalue weighted by Crippen LogP contribution is -2.28. The number of ether oxygens (including phenoxy) is 1. The molecular formula is C16H18N2O3. The van der Waals surface area contributed by atoms with E-state index in [0.29, 0.717) is 11.3 Å². The van der Waals surface area contributed by atoms with Crippen LogP contribution in [0.25, 0.3) is 16.5 Å². The number of carbonyl (C=O) groups excluding carboxylic acids is 2. The van der Waals surface area contributed by atoms with Crippen molar-refractivity contribution < 1.29 is 14.3 Å². The van der Waals surface area contributed by atoms with Gasteiger partial charge in [-0.2, -0.15) is 0 Å². The van der Waals surface area contributed by atoms with Crippen LogP contribution < -0.4 is 0 Å². The summed E-state index contributed by atoms with van der Waals surface area (Å²) in [5.41, 5.74) is 2.16. The molecule has 1 amide bonds. The summed E-state index contributed by atoms with van der Waals surface area (Å²) < 4.78 is 6.25. The molecule has 0 unspecified atom stereocenters. The minimum atomic E-state index is -0.443. The van der Waals surface area contributed by atoms with Gasteiger partial charge in [-0.05, 0) is 24.6 Å². The maximum absolute atomic E-state index is 12.4. The average Bonchev–Trinajstić information content (AvgIpc) is 2.85. The van der Waals surface area contributed by atoms with Crippen LogP contribution in [-0.2, 0) is 9.53 Å². The van der Waals surface area contributed by atoms with E-state index in [9.17, 15) is 9.59 Å². The molecule has 1 aromatic heterocycles. The summed E-state index contributed by atoms with van der Waals surface area (Å²) in [5, 5.41) is 0.945. The highest BCUT2D eigenvalue weighted by atomic mass is 16.5. The summed E-state index contributed by atoms with van der Waals surface area (Å²) in [6, 6.07) is 9.34. The van der Waals surface area contributed by atoms with Gasteiger partial charge in [0.05, 0.1) is 18.3 Å². The van der Waals surface area contributed by atoms with Gasteiger partial charge < -0.3 is 9.64 Å². The highest BCUT2D eigenvalue weighted by molar-refractivity contribution is 5.98. The Balaban J connectivity index is 2.68. The lowest BCUT2D eigenvalue weighted by molar-refractivity contribution is -0.134. The number of amides is 1. The molecule has 5 nitrogen and oxygen atoms in total. The summed E-state index contributed by atoms with van der Waals surface area (Å²) in [6.07, 6.45) is 1.38. The Morgan fingerprint density at radius 3 is 2.52 bits per heavy atom. The highest BCUT2D eigenvalue weighted by Gasteiger charge is 2.17. The molecule has 110 valence electrons. The number of esters is 1. The van der Waals surface area contributed by atoms with Crippen LogP contribution in [0, 0.1) is 0 Å². The van der Waals surface area contributed by atoms with Crippen LogP contribution >= 0.6 is 0 Å². The van der Waals surface area contributed by atoms with Gasteiger partial charge in [0.15, 0.2) is 0 Å². The van der Waals surface area contributed by atoms with E-state index < -0.39 is 5.97 Å². The summed E-state index contributed by atoms with van der Waals surface area (Å²) in [5.74, 6) is -0.443. The molecule has 0 N–H and O–H groups in total. The van der Waals surface area contributed by atoms with Gasteiger partial charge in [0.25, 0.3) is 0 Å². The van der Waals surface area contributed by atoms with Crippen molar-refractivity contribution in [3.8, 4) is 0 Å². The molecule has 0 spiro atoms. The number of hydrogen-bond acceptors (Lipinski definition) is 3. The molecule has 0 aliphatic heterocycles. The number of aromatic nitrogens is 1. The van der Waals surface area contributed by atoms with Crippen LogP contribution in [0.3, 0.4) is 0 Å². The predicted octanol–water partition coefficient (Wildman–Crippen LogP) is 2.75. The first-order valence-corrected chi connectivity index (χ1v) is 6.54. The van der Waals surface area contributed by atoms with Gasteiger partial charge in [-0.3, -0.25) is 4.57 Å². The van der Waals surface area contributed by atoms with E-state index >= 15 is 0 Å². The first-order valence-electron chi connectivity index (χ1n) is 6.54. The monoisotopic (exact) mass is 286 g/mol. The van der Waals surface area contributed by atoms with Crippen molar-refractivity contribution in [2.24, 2.45) is 0 Å². The molecule has 0 saturated heterocycles. The van der Waals surface area contributed by atoms with Crippen molar-refractivity contribution >= 4 is 28.5 Å². The van der Waals surface area contributed by atoms with Crippen LogP contribution in [0.1, 0.15) is 12.6 Å². The van der Waals surface area contributed by atoms with E-state index in [1.807, 2.05) is 30.3 Å².